The fourth-order valence-electron chi connectivity index (χ4n) is 1.94. The molecule has 0 saturated carbocycles. The first-order chi connectivity index (χ1) is 9.01. The number of carboxylic acid groups (broad SMARTS) is 1. The number of ether oxygens (including phenoxy) is 1. The molecule has 0 radical (unpaired) electrons. The highest BCUT2D eigenvalue weighted by Gasteiger charge is 2.27. The second-order valence-corrected chi connectivity index (χ2v) is 5.28. The Morgan fingerprint density at radius 3 is 2.63 bits per heavy atom. The molecule has 0 heterocycles. The Hall–Kier alpha value is -1.07. The van der Waals surface area contributed by atoms with Gasteiger partial charge in [-0.15, -0.1) is 0 Å². The van der Waals surface area contributed by atoms with E-state index in [2.05, 4.69) is 15.9 Å². The summed E-state index contributed by atoms with van der Waals surface area (Å²) >= 11 is 3.33. The van der Waals surface area contributed by atoms with Crippen LogP contribution in [0.4, 0.5) is 0 Å². The van der Waals surface area contributed by atoms with Crippen molar-refractivity contribution in [2.75, 3.05) is 7.11 Å². The lowest BCUT2D eigenvalue weighted by Gasteiger charge is -2.20. The molecule has 0 aliphatic rings. The van der Waals surface area contributed by atoms with Gasteiger partial charge in [0.2, 0.25) is 0 Å². The smallest absolute Gasteiger partial charge is 0.309 e. The summed E-state index contributed by atoms with van der Waals surface area (Å²) in [6.45, 7) is 2.00. The van der Waals surface area contributed by atoms with Crippen molar-refractivity contribution in [3.8, 4) is 5.75 Å². The van der Waals surface area contributed by atoms with E-state index in [0.717, 1.165) is 12.8 Å². The summed E-state index contributed by atoms with van der Waals surface area (Å²) in [4.78, 5) is 11.2. The largest absolute Gasteiger partial charge is 0.496 e. The van der Waals surface area contributed by atoms with Crippen molar-refractivity contribution in [3.05, 3.63) is 28.2 Å². The van der Waals surface area contributed by atoms with Crippen molar-refractivity contribution < 1.29 is 19.7 Å². The SMILES string of the molecule is CCCCC(C(=O)O)C(O)c1ccc(OC)c(Br)c1. The summed E-state index contributed by atoms with van der Waals surface area (Å²) in [5.41, 5.74) is 0.580. The van der Waals surface area contributed by atoms with Gasteiger partial charge in [-0.25, -0.2) is 0 Å². The number of benzene rings is 1. The Balaban J connectivity index is 2.92. The zero-order valence-corrected chi connectivity index (χ0v) is 12.7. The fourth-order valence-corrected chi connectivity index (χ4v) is 2.50. The number of carboxylic acids is 1. The van der Waals surface area contributed by atoms with Crippen LogP contribution in [0.1, 0.15) is 37.9 Å². The molecule has 0 bridgehead atoms. The number of carbonyl (C=O) groups is 1. The van der Waals surface area contributed by atoms with E-state index in [1.54, 1.807) is 25.3 Å². The first-order valence-electron chi connectivity index (χ1n) is 6.25. The van der Waals surface area contributed by atoms with Gasteiger partial charge < -0.3 is 14.9 Å². The second kappa shape index (κ2) is 7.50. The van der Waals surface area contributed by atoms with Crippen LogP contribution >= 0.6 is 15.9 Å². The van der Waals surface area contributed by atoms with Crippen molar-refractivity contribution >= 4 is 21.9 Å². The first-order valence-corrected chi connectivity index (χ1v) is 7.04. The molecule has 106 valence electrons. The van der Waals surface area contributed by atoms with Crippen LogP contribution in [-0.4, -0.2) is 23.3 Å². The number of rotatable bonds is 7. The molecule has 0 aromatic heterocycles. The molecular formula is C14H19BrO4. The maximum atomic E-state index is 11.2. The molecule has 1 aromatic carbocycles. The standard InChI is InChI=1S/C14H19BrO4/c1-3-4-5-10(14(17)18)13(16)9-6-7-12(19-2)11(15)8-9/h6-8,10,13,16H,3-5H2,1-2H3,(H,17,18). The normalized spacial score (nSPS) is 13.9. The summed E-state index contributed by atoms with van der Waals surface area (Å²) in [6, 6.07) is 5.10. The number of aliphatic carboxylic acids is 1. The van der Waals surface area contributed by atoms with Crippen molar-refractivity contribution in [3.63, 3.8) is 0 Å². The Morgan fingerprint density at radius 2 is 2.16 bits per heavy atom. The average molecular weight is 331 g/mol. The maximum Gasteiger partial charge on any atom is 0.309 e. The van der Waals surface area contributed by atoms with E-state index in [-0.39, 0.29) is 0 Å². The summed E-state index contributed by atoms with van der Waals surface area (Å²) in [7, 11) is 1.55. The lowest BCUT2D eigenvalue weighted by Crippen LogP contribution is -2.22. The number of aliphatic hydroxyl groups excluding tert-OH is 1. The fraction of sp³-hybridized carbons (Fsp3) is 0.500. The summed E-state index contributed by atoms with van der Waals surface area (Å²) in [5.74, 6) is -1.09. The molecule has 1 rings (SSSR count). The van der Waals surface area contributed by atoms with Crippen molar-refractivity contribution in [2.24, 2.45) is 5.92 Å². The van der Waals surface area contributed by atoms with Gasteiger partial charge in [0.05, 0.1) is 23.6 Å². The number of hydrogen-bond acceptors (Lipinski definition) is 3. The van der Waals surface area contributed by atoms with Crippen molar-refractivity contribution in [2.45, 2.75) is 32.3 Å². The lowest BCUT2D eigenvalue weighted by atomic mass is 9.91. The van der Waals surface area contributed by atoms with Crippen LogP contribution in [0, 0.1) is 5.92 Å². The topological polar surface area (TPSA) is 66.8 Å². The van der Waals surface area contributed by atoms with Gasteiger partial charge in [0, 0.05) is 0 Å². The van der Waals surface area contributed by atoms with Crippen LogP contribution in [0.25, 0.3) is 0 Å². The van der Waals surface area contributed by atoms with Crippen LogP contribution < -0.4 is 4.74 Å². The summed E-state index contributed by atoms with van der Waals surface area (Å²) < 4.78 is 5.81. The second-order valence-electron chi connectivity index (χ2n) is 4.43. The number of hydrogen-bond donors (Lipinski definition) is 2. The van der Waals surface area contributed by atoms with E-state index in [0.29, 0.717) is 22.2 Å². The molecule has 2 atom stereocenters. The van der Waals surface area contributed by atoms with Crippen LogP contribution in [0.15, 0.2) is 22.7 Å². The Bertz CT molecular complexity index is 433. The average Bonchev–Trinajstić information content (AvgIpc) is 2.38. The maximum absolute atomic E-state index is 11.2. The Kier molecular flexibility index (Phi) is 6.31. The highest BCUT2D eigenvalue weighted by Crippen LogP contribution is 2.32. The third-order valence-corrected chi connectivity index (χ3v) is 3.70. The number of methoxy groups -OCH3 is 1. The van der Waals surface area contributed by atoms with Crippen molar-refractivity contribution in [1.82, 2.24) is 0 Å². The summed E-state index contributed by atoms with van der Waals surface area (Å²) in [5, 5.41) is 19.4. The van der Waals surface area contributed by atoms with E-state index in [1.165, 1.54) is 0 Å². The summed E-state index contributed by atoms with van der Waals surface area (Å²) in [6.07, 6.45) is 1.15. The van der Waals surface area contributed by atoms with E-state index in [9.17, 15) is 15.0 Å². The van der Waals surface area contributed by atoms with Crippen LogP contribution in [0.2, 0.25) is 0 Å². The molecule has 0 spiro atoms. The molecule has 0 aliphatic heterocycles. The molecule has 1 aromatic rings. The van der Waals surface area contributed by atoms with Crippen LogP contribution in [-0.2, 0) is 4.79 Å². The number of unbranched alkanes of at least 4 members (excludes halogenated alkanes) is 1. The monoisotopic (exact) mass is 330 g/mol. The van der Waals surface area contributed by atoms with Gasteiger partial charge in [0.1, 0.15) is 5.75 Å². The Labute approximate surface area is 121 Å². The molecule has 2 N–H and O–H groups in total. The predicted molar refractivity (Wildman–Crippen MR) is 76.3 cm³/mol. The number of halogens is 1. The molecule has 0 fully saturated rings. The van der Waals surface area contributed by atoms with Gasteiger partial charge in [-0.2, -0.15) is 0 Å². The molecular weight excluding hydrogens is 312 g/mol. The molecule has 0 aliphatic carbocycles. The van der Waals surface area contributed by atoms with E-state index >= 15 is 0 Å². The predicted octanol–water partition coefficient (Wildman–Crippen LogP) is 3.38. The van der Waals surface area contributed by atoms with Gasteiger partial charge in [-0.1, -0.05) is 25.8 Å². The third kappa shape index (κ3) is 4.21. The van der Waals surface area contributed by atoms with E-state index in [1.807, 2.05) is 6.92 Å². The highest BCUT2D eigenvalue weighted by molar-refractivity contribution is 9.10. The minimum Gasteiger partial charge on any atom is -0.496 e. The Morgan fingerprint density at radius 1 is 1.47 bits per heavy atom. The zero-order valence-electron chi connectivity index (χ0n) is 11.1. The van der Waals surface area contributed by atoms with Crippen LogP contribution in [0.3, 0.4) is 0 Å². The van der Waals surface area contributed by atoms with Crippen LogP contribution in [0.5, 0.6) is 5.75 Å². The minimum atomic E-state index is -1.01. The van der Waals surface area contributed by atoms with Gasteiger partial charge in [-0.05, 0) is 40.0 Å². The van der Waals surface area contributed by atoms with Gasteiger partial charge >= 0.3 is 5.97 Å². The van der Waals surface area contributed by atoms with E-state index in [4.69, 9.17) is 4.74 Å². The number of aliphatic hydroxyl groups is 1. The minimum absolute atomic E-state index is 0.469. The molecule has 2 unspecified atom stereocenters. The zero-order chi connectivity index (χ0) is 14.4. The first kappa shape index (κ1) is 16.0. The van der Waals surface area contributed by atoms with Gasteiger partial charge in [-0.3, -0.25) is 4.79 Å². The highest BCUT2D eigenvalue weighted by atomic mass is 79.9. The van der Waals surface area contributed by atoms with E-state index < -0.39 is 18.0 Å². The molecule has 19 heavy (non-hydrogen) atoms. The van der Waals surface area contributed by atoms with Gasteiger partial charge in [0.15, 0.2) is 0 Å². The van der Waals surface area contributed by atoms with Gasteiger partial charge in [0.25, 0.3) is 0 Å². The van der Waals surface area contributed by atoms with Crippen molar-refractivity contribution in [1.29, 1.82) is 0 Å². The quantitative estimate of drug-likeness (QED) is 0.804. The molecule has 5 heteroatoms. The molecule has 0 saturated heterocycles. The molecule has 0 amide bonds. The molecule has 4 nitrogen and oxygen atoms in total. The lowest BCUT2D eigenvalue weighted by molar-refractivity contribution is -0.146. The third-order valence-electron chi connectivity index (χ3n) is 3.08.